The zero-order valence-corrected chi connectivity index (χ0v) is 16.4. The number of amides is 1. The summed E-state index contributed by atoms with van der Waals surface area (Å²) in [5.41, 5.74) is 2.50. The van der Waals surface area contributed by atoms with Gasteiger partial charge in [0.15, 0.2) is 11.5 Å². The molecule has 1 atom stereocenters. The number of nitrogens with one attached hydrogen (secondary N) is 1. The zero-order chi connectivity index (χ0) is 19.2. The molecule has 2 aromatic carbocycles. The van der Waals surface area contributed by atoms with Crippen LogP contribution in [-0.2, 0) is 0 Å². The molecule has 0 saturated heterocycles. The summed E-state index contributed by atoms with van der Waals surface area (Å²) in [6, 6.07) is 15.7. The van der Waals surface area contributed by atoms with Gasteiger partial charge in [-0.25, -0.2) is 4.98 Å². The number of rotatable bonds is 7. The minimum absolute atomic E-state index is 0.166. The van der Waals surface area contributed by atoms with E-state index in [1.807, 2.05) is 36.4 Å². The third kappa shape index (κ3) is 4.46. The number of nitrogens with zero attached hydrogens (tertiary/aromatic N) is 1. The van der Waals surface area contributed by atoms with Gasteiger partial charge in [-0.15, -0.1) is 11.3 Å². The minimum Gasteiger partial charge on any atom is -0.493 e. The molecule has 0 aliphatic heterocycles. The maximum absolute atomic E-state index is 12.4. The predicted octanol–water partition coefficient (Wildman–Crippen LogP) is 4.36. The SMILES string of the molecule is COc1ccc(-c2nc(C(=O)NC[C@@H](C)c3ccccc3)cs2)cc1OC. The van der Waals surface area contributed by atoms with E-state index in [1.165, 1.54) is 16.9 Å². The van der Waals surface area contributed by atoms with Gasteiger partial charge in [-0.1, -0.05) is 37.3 Å². The second-order valence-corrected chi connectivity index (χ2v) is 6.99. The maximum atomic E-state index is 12.4. The van der Waals surface area contributed by atoms with Crippen molar-refractivity contribution in [2.45, 2.75) is 12.8 Å². The molecule has 6 heteroatoms. The summed E-state index contributed by atoms with van der Waals surface area (Å²) in [7, 11) is 3.19. The summed E-state index contributed by atoms with van der Waals surface area (Å²) in [6.45, 7) is 2.65. The Morgan fingerprint density at radius 2 is 1.85 bits per heavy atom. The van der Waals surface area contributed by atoms with Gasteiger partial charge < -0.3 is 14.8 Å². The van der Waals surface area contributed by atoms with Crippen LogP contribution in [0.15, 0.2) is 53.9 Å². The van der Waals surface area contributed by atoms with Crippen LogP contribution in [0.4, 0.5) is 0 Å². The normalized spacial score (nSPS) is 11.7. The fourth-order valence-electron chi connectivity index (χ4n) is 2.72. The van der Waals surface area contributed by atoms with Crippen molar-refractivity contribution in [2.24, 2.45) is 0 Å². The van der Waals surface area contributed by atoms with Gasteiger partial charge in [0.05, 0.1) is 14.2 Å². The Balaban J connectivity index is 1.67. The van der Waals surface area contributed by atoms with E-state index in [0.29, 0.717) is 23.7 Å². The van der Waals surface area contributed by atoms with Gasteiger partial charge in [0.2, 0.25) is 0 Å². The summed E-state index contributed by atoms with van der Waals surface area (Å²) in [5, 5.41) is 5.50. The molecule has 1 aromatic heterocycles. The van der Waals surface area contributed by atoms with Crippen molar-refractivity contribution in [3.8, 4) is 22.1 Å². The molecule has 5 nitrogen and oxygen atoms in total. The lowest BCUT2D eigenvalue weighted by Crippen LogP contribution is -2.27. The molecule has 0 spiro atoms. The first-order valence-corrected chi connectivity index (χ1v) is 9.51. The highest BCUT2D eigenvalue weighted by Crippen LogP contribution is 2.33. The average Bonchev–Trinajstić information content (AvgIpc) is 3.22. The van der Waals surface area contributed by atoms with Crippen molar-refractivity contribution in [1.82, 2.24) is 10.3 Å². The van der Waals surface area contributed by atoms with E-state index in [9.17, 15) is 4.79 Å². The van der Waals surface area contributed by atoms with Crippen LogP contribution < -0.4 is 14.8 Å². The Hall–Kier alpha value is -2.86. The lowest BCUT2D eigenvalue weighted by Gasteiger charge is -2.12. The van der Waals surface area contributed by atoms with E-state index < -0.39 is 0 Å². The van der Waals surface area contributed by atoms with E-state index in [1.54, 1.807) is 19.6 Å². The first kappa shape index (κ1) is 18.9. The molecule has 0 bridgehead atoms. The summed E-state index contributed by atoms with van der Waals surface area (Å²) in [6.07, 6.45) is 0. The number of hydrogen-bond donors (Lipinski definition) is 1. The third-order valence-corrected chi connectivity index (χ3v) is 5.20. The highest BCUT2D eigenvalue weighted by atomic mass is 32.1. The summed E-state index contributed by atoms with van der Waals surface area (Å²) >= 11 is 1.43. The number of ether oxygens (including phenoxy) is 2. The number of benzene rings is 2. The molecule has 0 aliphatic carbocycles. The van der Waals surface area contributed by atoms with Crippen molar-refractivity contribution in [3.63, 3.8) is 0 Å². The second-order valence-electron chi connectivity index (χ2n) is 6.13. The Labute approximate surface area is 163 Å². The Morgan fingerprint density at radius 3 is 2.56 bits per heavy atom. The number of thiazole rings is 1. The molecule has 0 unspecified atom stereocenters. The number of hydrogen-bond acceptors (Lipinski definition) is 5. The highest BCUT2D eigenvalue weighted by molar-refractivity contribution is 7.13. The van der Waals surface area contributed by atoms with Crippen molar-refractivity contribution < 1.29 is 14.3 Å². The van der Waals surface area contributed by atoms with Crippen molar-refractivity contribution in [2.75, 3.05) is 20.8 Å². The standard InChI is InChI=1S/C21H22N2O3S/c1-14(15-7-5-4-6-8-15)12-22-20(24)17-13-27-21(23-17)16-9-10-18(25-2)19(11-16)26-3/h4-11,13-14H,12H2,1-3H3,(H,22,24)/t14-/m1/s1. The van der Waals surface area contributed by atoms with Crippen LogP contribution in [0.25, 0.3) is 10.6 Å². The van der Waals surface area contributed by atoms with Crippen LogP contribution in [-0.4, -0.2) is 31.7 Å². The van der Waals surface area contributed by atoms with E-state index in [-0.39, 0.29) is 11.8 Å². The van der Waals surface area contributed by atoms with E-state index in [2.05, 4.69) is 29.4 Å². The summed E-state index contributed by atoms with van der Waals surface area (Å²) in [5.74, 6) is 1.36. The summed E-state index contributed by atoms with van der Waals surface area (Å²) in [4.78, 5) is 16.9. The molecule has 1 amide bonds. The molecule has 140 valence electrons. The molecule has 0 fully saturated rings. The van der Waals surface area contributed by atoms with Gasteiger partial charge in [-0.2, -0.15) is 0 Å². The molecule has 27 heavy (non-hydrogen) atoms. The zero-order valence-electron chi connectivity index (χ0n) is 15.6. The number of carbonyl (C=O) groups is 1. The molecule has 0 radical (unpaired) electrons. The Bertz CT molecular complexity index is 909. The molecule has 3 aromatic rings. The Morgan fingerprint density at radius 1 is 1.11 bits per heavy atom. The maximum Gasteiger partial charge on any atom is 0.270 e. The molecular weight excluding hydrogens is 360 g/mol. The molecule has 3 rings (SSSR count). The average molecular weight is 382 g/mol. The van der Waals surface area contributed by atoms with Gasteiger partial charge in [0, 0.05) is 17.5 Å². The smallest absolute Gasteiger partial charge is 0.270 e. The fourth-order valence-corrected chi connectivity index (χ4v) is 3.51. The highest BCUT2D eigenvalue weighted by Gasteiger charge is 2.15. The lowest BCUT2D eigenvalue weighted by atomic mass is 10.0. The monoisotopic (exact) mass is 382 g/mol. The number of aromatic nitrogens is 1. The minimum atomic E-state index is -0.166. The lowest BCUT2D eigenvalue weighted by molar-refractivity contribution is 0.0947. The van der Waals surface area contributed by atoms with Gasteiger partial charge in [-0.3, -0.25) is 4.79 Å². The van der Waals surface area contributed by atoms with Crippen LogP contribution in [0.3, 0.4) is 0 Å². The first-order valence-electron chi connectivity index (χ1n) is 8.63. The summed E-state index contributed by atoms with van der Waals surface area (Å²) < 4.78 is 10.6. The topological polar surface area (TPSA) is 60.5 Å². The van der Waals surface area contributed by atoms with E-state index in [4.69, 9.17) is 9.47 Å². The fraction of sp³-hybridized carbons (Fsp3) is 0.238. The van der Waals surface area contributed by atoms with Gasteiger partial charge in [0.1, 0.15) is 10.7 Å². The predicted molar refractivity (Wildman–Crippen MR) is 108 cm³/mol. The van der Waals surface area contributed by atoms with Gasteiger partial charge in [-0.05, 0) is 29.7 Å². The van der Waals surface area contributed by atoms with Crippen molar-refractivity contribution in [3.05, 3.63) is 65.2 Å². The van der Waals surface area contributed by atoms with Crippen LogP contribution in [0.5, 0.6) is 11.5 Å². The molecule has 1 N–H and O–H groups in total. The van der Waals surface area contributed by atoms with Crippen molar-refractivity contribution in [1.29, 1.82) is 0 Å². The van der Waals surface area contributed by atoms with Crippen LogP contribution >= 0.6 is 11.3 Å². The molecule has 1 heterocycles. The van der Waals surface area contributed by atoms with Crippen molar-refractivity contribution >= 4 is 17.2 Å². The third-order valence-electron chi connectivity index (χ3n) is 4.30. The number of carbonyl (C=O) groups excluding carboxylic acids is 1. The number of methoxy groups -OCH3 is 2. The Kier molecular flexibility index (Phi) is 6.08. The largest absolute Gasteiger partial charge is 0.493 e. The van der Waals surface area contributed by atoms with Gasteiger partial charge >= 0.3 is 0 Å². The van der Waals surface area contributed by atoms with Crippen LogP contribution in [0, 0.1) is 0 Å². The van der Waals surface area contributed by atoms with Gasteiger partial charge in [0.25, 0.3) is 5.91 Å². The molecular formula is C21H22N2O3S. The van der Waals surface area contributed by atoms with E-state index >= 15 is 0 Å². The first-order chi connectivity index (χ1) is 13.1. The second kappa shape index (κ2) is 8.68. The quantitative estimate of drug-likeness (QED) is 0.659. The van der Waals surface area contributed by atoms with E-state index in [0.717, 1.165) is 10.6 Å². The molecule has 0 saturated carbocycles. The molecule has 0 aliphatic rings. The van der Waals surface area contributed by atoms with Crippen LogP contribution in [0.1, 0.15) is 28.9 Å². The van der Waals surface area contributed by atoms with Crippen LogP contribution in [0.2, 0.25) is 0 Å².